The standard InChI is InChI=1S/C14H24N4/c1-18(2)11-5-10-17-14-7-4-3-6-12(14)13(16)8-9-15/h3-4,6-7,16-17H,5,8-11,15H2,1-2H3. The summed E-state index contributed by atoms with van der Waals surface area (Å²) in [6, 6.07) is 7.96. The van der Waals surface area contributed by atoms with E-state index in [0.29, 0.717) is 18.7 Å². The first kappa shape index (κ1) is 14.7. The summed E-state index contributed by atoms with van der Waals surface area (Å²) in [5.74, 6) is 0. The van der Waals surface area contributed by atoms with Gasteiger partial charge in [0.15, 0.2) is 0 Å². The Kier molecular flexibility index (Phi) is 6.39. The zero-order valence-corrected chi connectivity index (χ0v) is 11.4. The van der Waals surface area contributed by atoms with Gasteiger partial charge in [-0.1, -0.05) is 18.2 Å². The minimum atomic E-state index is 0.522. The monoisotopic (exact) mass is 248 g/mol. The molecule has 0 heterocycles. The highest BCUT2D eigenvalue weighted by Crippen LogP contribution is 2.16. The van der Waals surface area contributed by atoms with Crippen molar-refractivity contribution in [3.8, 4) is 0 Å². The smallest absolute Gasteiger partial charge is 0.0432 e. The quantitative estimate of drug-likeness (QED) is 0.485. The summed E-state index contributed by atoms with van der Waals surface area (Å²) in [6.07, 6.45) is 1.71. The minimum Gasteiger partial charge on any atom is -0.384 e. The van der Waals surface area contributed by atoms with Gasteiger partial charge < -0.3 is 21.4 Å². The first-order valence-electron chi connectivity index (χ1n) is 6.40. The summed E-state index contributed by atoms with van der Waals surface area (Å²) in [5.41, 5.74) is 8.11. The van der Waals surface area contributed by atoms with Crippen molar-refractivity contribution in [2.24, 2.45) is 5.73 Å². The van der Waals surface area contributed by atoms with Crippen molar-refractivity contribution < 1.29 is 0 Å². The molecule has 0 aliphatic carbocycles. The topological polar surface area (TPSA) is 65.1 Å². The molecule has 4 N–H and O–H groups in total. The van der Waals surface area contributed by atoms with Crippen molar-refractivity contribution in [2.75, 3.05) is 39.0 Å². The largest absolute Gasteiger partial charge is 0.384 e. The summed E-state index contributed by atoms with van der Waals surface area (Å²) < 4.78 is 0. The van der Waals surface area contributed by atoms with E-state index >= 15 is 0 Å². The summed E-state index contributed by atoms with van der Waals surface area (Å²) in [5, 5.41) is 11.4. The molecule has 0 unspecified atom stereocenters. The SMILES string of the molecule is CN(C)CCCNc1ccccc1C(=N)CCN. The molecule has 0 fully saturated rings. The number of anilines is 1. The third kappa shape index (κ3) is 4.85. The van der Waals surface area contributed by atoms with Crippen LogP contribution in [0.3, 0.4) is 0 Å². The van der Waals surface area contributed by atoms with Gasteiger partial charge in [0, 0.05) is 29.9 Å². The molecule has 0 aliphatic heterocycles. The van der Waals surface area contributed by atoms with Crippen LogP contribution in [0.25, 0.3) is 0 Å². The van der Waals surface area contributed by atoms with Gasteiger partial charge in [-0.3, -0.25) is 0 Å². The minimum absolute atomic E-state index is 0.522. The van der Waals surface area contributed by atoms with Crippen molar-refractivity contribution in [3.05, 3.63) is 29.8 Å². The van der Waals surface area contributed by atoms with E-state index in [1.807, 2.05) is 24.3 Å². The number of nitrogens with one attached hydrogen (secondary N) is 2. The lowest BCUT2D eigenvalue weighted by Gasteiger charge is -2.14. The van der Waals surface area contributed by atoms with Gasteiger partial charge in [0.2, 0.25) is 0 Å². The van der Waals surface area contributed by atoms with Crippen molar-refractivity contribution in [2.45, 2.75) is 12.8 Å². The predicted molar refractivity (Wildman–Crippen MR) is 78.6 cm³/mol. The van der Waals surface area contributed by atoms with Gasteiger partial charge in [-0.25, -0.2) is 0 Å². The number of rotatable bonds is 8. The second-order valence-electron chi connectivity index (χ2n) is 4.65. The molecule has 100 valence electrons. The Labute approximate surface area is 110 Å². The van der Waals surface area contributed by atoms with Crippen molar-refractivity contribution in [1.82, 2.24) is 4.90 Å². The molecule has 0 amide bonds. The molecular weight excluding hydrogens is 224 g/mol. The van der Waals surface area contributed by atoms with Crippen LogP contribution in [0.5, 0.6) is 0 Å². The molecular formula is C14H24N4. The average molecular weight is 248 g/mol. The summed E-state index contributed by atoms with van der Waals surface area (Å²) in [4.78, 5) is 2.17. The highest BCUT2D eigenvalue weighted by Gasteiger charge is 2.06. The van der Waals surface area contributed by atoms with Crippen LogP contribution >= 0.6 is 0 Å². The molecule has 0 atom stereocenters. The van der Waals surface area contributed by atoms with Gasteiger partial charge in [0.1, 0.15) is 0 Å². The number of hydrogen-bond acceptors (Lipinski definition) is 4. The number of hydrogen-bond donors (Lipinski definition) is 3. The maximum Gasteiger partial charge on any atom is 0.0432 e. The first-order valence-corrected chi connectivity index (χ1v) is 6.40. The second-order valence-corrected chi connectivity index (χ2v) is 4.65. The molecule has 0 radical (unpaired) electrons. The van der Waals surface area contributed by atoms with Crippen LogP contribution in [0.1, 0.15) is 18.4 Å². The Bertz CT molecular complexity index is 374. The fraction of sp³-hybridized carbons (Fsp3) is 0.500. The van der Waals surface area contributed by atoms with E-state index in [4.69, 9.17) is 11.1 Å². The summed E-state index contributed by atoms with van der Waals surface area (Å²) >= 11 is 0. The van der Waals surface area contributed by atoms with Gasteiger partial charge in [-0.2, -0.15) is 0 Å². The van der Waals surface area contributed by atoms with Crippen LogP contribution in [-0.4, -0.2) is 44.3 Å². The predicted octanol–water partition coefficient (Wildman–Crippen LogP) is 1.77. The lowest BCUT2D eigenvalue weighted by Crippen LogP contribution is -2.17. The molecule has 0 saturated carbocycles. The van der Waals surface area contributed by atoms with Crippen LogP contribution in [0, 0.1) is 5.41 Å². The Balaban J connectivity index is 2.56. The molecule has 0 aliphatic rings. The molecule has 4 heteroatoms. The lowest BCUT2D eigenvalue weighted by atomic mass is 10.1. The highest BCUT2D eigenvalue weighted by molar-refractivity contribution is 6.03. The van der Waals surface area contributed by atoms with E-state index in [1.165, 1.54) is 0 Å². The Morgan fingerprint density at radius 1 is 1.33 bits per heavy atom. The first-order chi connectivity index (χ1) is 8.65. The summed E-state index contributed by atoms with van der Waals surface area (Å²) in [6.45, 7) is 2.51. The number of benzene rings is 1. The van der Waals surface area contributed by atoms with Crippen molar-refractivity contribution in [3.63, 3.8) is 0 Å². The van der Waals surface area contributed by atoms with Crippen LogP contribution in [0.4, 0.5) is 5.69 Å². The Hall–Kier alpha value is -1.39. The van der Waals surface area contributed by atoms with Gasteiger partial charge in [0.05, 0.1) is 0 Å². The molecule has 1 aromatic rings. The van der Waals surface area contributed by atoms with Gasteiger partial charge in [0.25, 0.3) is 0 Å². The van der Waals surface area contributed by atoms with E-state index in [-0.39, 0.29) is 0 Å². The van der Waals surface area contributed by atoms with Crippen LogP contribution in [0.15, 0.2) is 24.3 Å². The molecule has 0 bridgehead atoms. The average Bonchev–Trinajstić information content (AvgIpc) is 2.35. The third-order valence-corrected chi connectivity index (χ3v) is 2.74. The zero-order valence-electron chi connectivity index (χ0n) is 11.4. The zero-order chi connectivity index (χ0) is 13.4. The van der Waals surface area contributed by atoms with Crippen LogP contribution < -0.4 is 11.1 Å². The van der Waals surface area contributed by atoms with Gasteiger partial charge in [-0.05, 0) is 39.7 Å². The van der Waals surface area contributed by atoms with E-state index < -0.39 is 0 Å². The normalized spacial score (nSPS) is 10.7. The van der Waals surface area contributed by atoms with Crippen LogP contribution in [-0.2, 0) is 0 Å². The molecule has 1 rings (SSSR count). The van der Waals surface area contributed by atoms with E-state index in [0.717, 1.165) is 30.8 Å². The molecule has 0 aromatic heterocycles. The van der Waals surface area contributed by atoms with Crippen molar-refractivity contribution >= 4 is 11.4 Å². The molecule has 4 nitrogen and oxygen atoms in total. The van der Waals surface area contributed by atoms with Crippen LogP contribution in [0.2, 0.25) is 0 Å². The highest BCUT2D eigenvalue weighted by atomic mass is 15.1. The number of nitrogens with two attached hydrogens (primary N) is 1. The maximum absolute atomic E-state index is 7.99. The Morgan fingerprint density at radius 2 is 2.06 bits per heavy atom. The summed E-state index contributed by atoms with van der Waals surface area (Å²) in [7, 11) is 4.15. The van der Waals surface area contributed by atoms with Crippen molar-refractivity contribution in [1.29, 1.82) is 5.41 Å². The van der Waals surface area contributed by atoms with E-state index in [9.17, 15) is 0 Å². The molecule has 0 spiro atoms. The van der Waals surface area contributed by atoms with Gasteiger partial charge >= 0.3 is 0 Å². The second kappa shape index (κ2) is 7.84. The molecule has 1 aromatic carbocycles. The lowest BCUT2D eigenvalue weighted by molar-refractivity contribution is 0.405. The third-order valence-electron chi connectivity index (χ3n) is 2.74. The fourth-order valence-corrected chi connectivity index (χ4v) is 1.80. The maximum atomic E-state index is 7.99. The molecule has 18 heavy (non-hydrogen) atoms. The fourth-order valence-electron chi connectivity index (χ4n) is 1.80. The van der Waals surface area contributed by atoms with E-state index in [1.54, 1.807) is 0 Å². The van der Waals surface area contributed by atoms with Gasteiger partial charge in [-0.15, -0.1) is 0 Å². The molecule has 0 saturated heterocycles. The van der Waals surface area contributed by atoms with E-state index in [2.05, 4.69) is 24.3 Å². The number of nitrogens with zero attached hydrogens (tertiary/aromatic N) is 1. The Morgan fingerprint density at radius 3 is 2.72 bits per heavy atom. The number of para-hydroxylation sites is 1.